The Morgan fingerprint density at radius 2 is 1.83 bits per heavy atom. The van der Waals surface area contributed by atoms with E-state index in [9.17, 15) is 9.18 Å². The number of aryl methyl sites for hydroxylation is 1. The van der Waals surface area contributed by atoms with Crippen LogP contribution in [0.15, 0.2) is 48.5 Å². The number of rotatable bonds is 9. The molecule has 1 aliphatic carbocycles. The van der Waals surface area contributed by atoms with Gasteiger partial charge in [-0.3, -0.25) is 10.0 Å². The van der Waals surface area contributed by atoms with Gasteiger partial charge in [0.25, 0.3) is 5.91 Å². The Kier molecular flexibility index (Phi) is 6.23. The molecule has 0 spiro atoms. The molecule has 1 aliphatic heterocycles. The Bertz CT molecular complexity index is 819. The lowest BCUT2D eigenvalue weighted by Crippen LogP contribution is -2.51. The topological polar surface area (TPSA) is 64.6 Å². The number of likely N-dealkylation sites (tertiary alicyclic amines) is 1. The molecule has 0 bridgehead atoms. The van der Waals surface area contributed by atoms with Crippen molar-refractivity contribution in [2.45, 2.75) is 31.2 Å². The third-order valence-electron chi connectivity index (χ3n) is 6.05. The van der Waals surface area contributed by atoms with E-state index in [2.05, 4.69) is 10.2 Å². The molecule has 2 atom stereocenters. The number of carbonyl (C=O) groups excluding carboxylic acids is 1. The highest BCUT2D eigenvalue weighted by molar-refractivity contribution is 5.93. The zero-order chi connectivity index (χ0) is 20.2. The number of hydrogen-bond donors (Lipinski definition) is 3. The van der Waals surface area contributed by atoms with Gasteiger partial charge in [-0.15, -0.1) is 0 Å². The van der Waals surface area contributed by atoms with Gasteiger partial charge in [0.05, 0.1) is 0 Å². The normalized spacial score (nSPS) is 21.6. The molecule has 4 rings (SSSR count). The van der Waals surface area contributed by atoms with Crippen LogP contribution in [0.25, 0.3) is 0 Å². The summed E-state index contributed by atoms with van der Waals surface area (Å²) in [6.45, 7) is 4.46. The van der Waals surface area contributed by atoms with Crippen LogP contribution in [0, 0.1) is 11.7 Å². The van der Waals surface area contributed by atoms with E-state index in [0.717, 1.165) is 51.4 Å². The molecule has 3 N–H and O–H groups in total. The van der Waals surface area contributed by atoms with E-state index in [0.29, 0.717) is 17.5 Å². The van der Waals surface area contributed by atoms with Gasteiger partial charge < -0.3 is 10.2 Å². The van der Waals surface area contributed by atoms with Gasteiger partial charge in [0.1, 0.15) is 5.82 Å². The number of carbonyl (C=O) groups is 1. The highest BCUT2D eigenvalue weighted by atomic mass is 19.1. The molecule has 0 aromatic heterocycles. The average Bonchev–Trinajstić information content (AvgIpc) is 3.49. The molecule has 1 saturated carbocycles. The van der Waals surface area contributed by atoms with Crippen LogP contribution in [0.3, 0.4) is 0 Å². The van der Waals surface area contributed by atoms with Crippen molar-refractivity contribution in [2.24, 2.45) is 5.92 Å². The minimum Gasteiger partial charge on any atom is -0.313 e. The van der Waals surface area contributed by atoms with Crippen LogP contribution in [0.5, 0.6) is 0 Å². The fourth-order valence-electron chi connectivity index (χ4n) is 4.20. The van der Waals surface area contributed by atoms with Crippen molar-refractivity contribution >= 4 is 5.91 Å². The van der Waals surface area contributed by atoms with Gasteiger partial charge in [0.15, 0.2) is 0 Å². The van der Waals surface area contributed by atoms with Crippen LogP contribution in [-0.2, 0) is 6.42 Å². The quantitative estimate of drug-likeness (QED) is 0.450. The van der Waals surface area contributed by atoms with E-state index in [4.69, 9.17) is 5.21 Å². The molecular weight excluding hydrogens is 369 g/mol. The van der Waals surface area contributed by atoms with E-state index >= 15 is 0 Å². The monoisotopic (exact) mass is 397 g/mol. The van der Waals surface area contributed by atoms with Crippen molar-refractivity contribution in [1.82, 2.24) is 15.7 Å². The van der Waals surface area contributed by atoms with Crippen LogP contribution in [0.2, 0.25) is 0 Å². The van der Waals surface area contributed by atoms with Crippen molar-refractivity contribution in [3.8, 4) is 0 Å². The summed E-state index contributed by atoms with van der Waals surface area (Å²) in [6, 6.07) is 14.8. The zero-order valence-electron chi connectivity index (χ0n) is 16.5. The third kappa shape index (κ3) is 5.21. The summed E-state index contributed by atoms with van der Waals surface area (Å²) in [4.78, 5) is 13.8. The minimum atomic E-state index is -0.480. The standard InChI is InChI=1S/C23H28FN3O2/c24-20-9-7-18(8-10-20)21-12-22(21)25-13-17-14-27(15-17)11-1-2-16-3-5-19(6-4-16)23(28)26-29/h3-10,17,21-22,25,29H,1-2,11-15H2,(H,26,28). The fraction of sp³-hybridized carbons (Fsp3) is 0.435. The van der Waals surface area contributed by atoms with Gasteiger partial charge in [0.2, 0.25) is 0 Å². The van der Waals surface area contributed by atoms with E-state index in [1.165, 1.54) is 11.1 Å². The maximum Gasteiger partial charge on any atom is 0.274 e. The third-order valence-corrected chi connectivity index (χ3v) is 6.05. The summed E-state index contributed by atoms with van der Waals surface area (Å²) in [6.07, 6.45) is 3.24. The number of hydroxylamine groups is 1. The molecule has 2 aromatic carbocycles. The molecule has 1 heterocycles. The SMILES string of the molecule is O=C(NO)c1ccc(CCCN2CC(CNC3CC3c3ccc(F)cc3)C2)cc1. The Morgan fingerprint density at radius 3 is 2.52 bits per heavy atom. The second-order valence-corrected chi connectivity index (χ2v) is 8.28. The van der Waals surface area contributed by atoms with Crippen LogP contribution in [0.1, 0.15) is 40.2 Å². The number of nitrogens with one attached hydrogen (secondary N) is 2. The van der Waals surface area contributed by atoms with Crippen molar-refractivity contribution in [1.29, 1.82) is 0 Å². The molecular formula is C23H28FN3O2. The summed E-state index contributed by atoms with van der Waals surface area (Å²) < 4.78 is 13.0. The van der Waals surface area contributed by atoms with Crippen LogP contribution in [0.4, 0.5) is 4.39 Å². The molecule has 2 fully saturated rings. The molecule has 2 aromatic rings. The lowest BCUT2D eigenvalue weighted by atomic mass is 9.99. The smallest absolute Gasteiger partial charge is 0.274 e. The Hall–Kier alpha value is -2.28. The minimum absolute atomic E-state index is 0.167. The first-order valence-electron chi connectivity index (χ1n) is 10.4. The predicted molar refractivity (Wildman–Crippen MR) is 109 cm³/mol. The molecule has 2 aliphatic rings. The lowest BCUT2D eigenvalue weighted by molar-refractivity contribution is 0.0706. The summed E-state index contributed by atoms with van der Waals surface area (Å²) in [7, 11) is 0. The van der Waals surface area contributed by atoms with Crippen LogP contribution < -0.4 is 10.8 Å². The number of halogens is 1. The molecule has 0 radical (unpaired) electrons. The zero-order valence-corrected chi connectivity index (χ0v) is 16.5. The first kappa shape index (κ1) is 20.0. The molecule has 1 saturated heterocycles. The largest absolute Gasteiger partial charge is 0.313 e. The van der Waals surface area contributed by atoms with Crippen LogP contribution in [-0.4, -0.2) is 48.2 Å². The summed E-state index contributed by atoms with van der Waals surface area (Å²) in [5.74, 6) is 0.619. The highest BCUT2D eigenvalue weighted by Crippen LogP contribution is 2.40. The van der Waals surface area contributed by atoms with Gasteiger partial charge in [0, 0.05) is 37.2 Å². The van der Waals surface area contributed by atoms with Gasteiger partial charge in [-0.25, -0.2) is 9.87 Å². The number of amides is 1. The van der Waals surface area contributed by atoms with Gasteiger partial charge in [-0.1, -0.05) is 24.3 Å². The molecule has 1 amide bonds. The highest BCUT2D eigenvalue weighted by Gasteiger charge is 2.39. The first-order valence-corrected chi connectivity index (χ1v) is 10.4. The maximum absolute atomic E-state index is 13.0. The van der Waals surface area contributed by atoms with Crippen molar-refractivity contribution in [3.05, 3.63) is 71.0 Å². The second-order valence-electron chi connectivity index (χ2n) is 8.28. The van der Waals surface area contributed by atoms with Gasteiger partial charge in [-0.05, 0) is 67.1 Å². The first-order chi connectivity index (χ1) is 14.1. The molecule has 154 valence electrons. The van der Waals surface area contributed by atoms with Gasteiger partial charge in [-0.2, -0.15) is 0 Å². The van der Waals surface area contributed by atoms with Crippen LogP contribution >= 0.6 is 0 Å². The summed E-state index contributed by atoms with van der Waals surface area (Å²) in [5, 5.41) is 12.3. The fourth-order valence-corrected chi connectivity index (χ4v) is 4.20. The summed E-state index contributed by atoms with van der Waals surface area (Å²) in [5.41, 5.74) is 4.56. The van der Waals surface area contributed by atoms with E-state index in [-0.39, 0.29) is 5.82 Å². The Morgan fingerprint density at radius 1 is 1.10 bits per heavy atom. The average molecular weight is 397 g/mol. The second kappa shape index (κ2) is 9.03. The Labute approximate surface area is 170 Å². The van der Waals surface area contributed by atoms with Gasteiger partial charge >= 0.3 is 0 Å². The molecule has 6 heteroatoms. The number of nitrogens with zero attached hydrogens (tertiary/aromatic N) is 1. The summed E-state index contributed by atoms with van der Waals surface area (Å²) >= 11 is 0. The maximum atomic E-state index is 13.0. The lowest BCUT2D eigenvalue weighted by Gasteiger charge is -2.39. The number of benzene rings is 2. The molecule has 2 unspecified atom stereocenters. The predicted octanol–water partition coefficient (Wildman–Crippen LogP) is 2.95. The van der Waals surface area contributed by atoms with E-state index in [1.807, 2.05) is 24.3 Å². The number of hydrogen-bond acceptors (Lipinski definition) is 4. The molecule has 5 nitrogen and oxygen atoms in total. The van der Waals surface area contributed by atoms with Crippen molar-refractivity contribution < 1.29 is 14.4 Å². The van der Waals surface area contributed by atoms with Crippen molar-refractivity contribution in [3.63, 3.8) is 0 Å². The van der Waals surface area contributed by atoms with Crippen molar-refractivity contribution in [2.75, 3.05) is 26.2 Å². The van der Waals surface area contributed by atoms with E-state index < -0.39 is 5.91 Å². The Balaban J connectivity index is 1.08. The van der Waals surface area contributed by atoms with E-state index in [1.54, 1.807) is 29.7 Å². The molecule has 29 heavy (non-hydrogen) atoms.